The Balaban J connectivity index is 1.78. The van der Waals surface area contributed by atoms with Gasteiger partial charge in [-0.2, -0.15) is 0 Å². The Morgan fingerprint density at radius 1 is 0.903 bits per heavy atom. The molecule has 0 saturated carbocycles. The van der Waals surface area contributed by atoms with E-state index in [0.29, 0.717) is 5.75 Å². The van der Waals surface area contributed by atoms with Crippen LogP contribution >= 0.6 is 11.8 Å². The lowest BCUT2D eigenvalue weighted by Crippen LogP contribution is -2.08. The molecule has 2 aromatic carbocycles. The average Bonchev–Trinajstić information content (AvgIpc) is 3.26. The molecular weight excluding hydrogens is 404 g/mol. The number of benzene rings is 2. The zero-order valence-electron chi connectivity index (χ0n) is 17.8. The van der Waals surface area contributed by atoms with Gasteiger partial charge in [-0.25, -0.2) is 0 Å². The fraction of sp³-hybridized carbons (Fsp3) is 0.240. The van der Waals surface area contributed by atoms with Gasteiger partial charge in [-0.3, -0.25) is 9.55 Å². The molecule has 0 saturated heterocycles. The predicted molar refractivity (Wildman–Crippen MR) is 125 cm³/mol. The van der Waals surface area contributed by atoms with E-state index in [-0.39, 0.29) is 0 Å². The third kappa shape index (κ3) is 4.55. The van der Waals surface area contributed by atoms with E-state index >= 15 is 0 Å². The summed E-state index contributed by atoms with van der Waals surface area (Å²) in [6.45, 7) is 4.33. The summed E-state index contributed by atoms with van der Waals surface area (Å²) in [6, 6.07) is 20.1. The Hall–Kier alpha value is -2.96. The molecule has 5 nitrogen and oxygen atoms in total. The first-order valence-corrected chi connectivity index (χ1v) is 11.5. The van der Waals surface area contributed by atoms with Gasteiger partial charge in [0.2, 0.25) is 0 Å². The van der Waals surface area contributed by atoms with Gasteiger partial charge in [0.15, 0.2) is 11.0 Å². The predicted octanol–water partition coefficient (Wildman–Crippen LogP) is 5.28. The minimum atomic E-state index is -0.578. The smallest absolute Gasteiger partial charge is 0.196 e. The van der Waals surface area contributed by atoms with Crippen molar-refractivity contribution in [1.29, 1.82) is 0 Å². The summed E-state index contributed by atoms with van der Waals surface area (Å²) in [5.41, 5.74) is 5.44. The van der Waals surface area contributed by atoms with Gasteiger partial charge >= 0.3 is 0 Å². The minimum Gasteiger partial charge on any atom is -0.388 e. The highest BCUT2D eigenvalue weighted by atomic mass is 32.2. The third-order valence-electron chi connectivity index (χ3n) is 5.30. The maximum Gasteiger partial charge on any atom is 0.196 e. The number of hydrogen-bond donors (Lipinski definition) is 1. The van der Waals surface area contributed by atoms with E-state index in [9.17, 15) is 5.11 Å². The summed E-state index contributed by atoms with van der Waals surface area (Å²) in [5, 5.41) is 20.5. The number of aryl methyl sites for hydroxylation is 2. The van der Waals surface area contributed by atoms with E-state index in [0.717, 1.165) is 40.6 Å². The van der Waals surface area contributed by atoms with Gasteiger partial charge in [-0.1, -0.05) is 74.1 Å². The molecule has 1 N–H and O–H groups in total. The monoisotopic (exact) mass is 430 g/mol. The lowest BCUT2D eigenvalue weighted by molar-refractivity contribution is 0.204. The van der Waals surface area contributed by atoms with Crippen LogP contribution in [-0.2, 0) is 12.8 Å². The van der Waals surface area contributed by atoms with Gasteiger partial charge in [-0.05, 0) is 41.7 Å². The van der Waals surface area contributed by atoms with Gasteiger partial charge in [-0.15, -0.1) is 10.2 Å². The van der Waals surface area contributed by atoms with E-state index in [1.165, 1.54) is 22.9 Å². The molecule has 2 heterocycles. The Labute approximate surface area is 187 Å². The quantitative estimate of drug-likeness (QED) is 0.385. The summed E-state index contributed by atoms with van der Waals surface area (Å²) in [4.78, 5) is 4.28. The highest BCUT2D eigenvalue weighted by Gasteiger charge is 2.21. The molecule has 0 radical (unpaired) electrons. The number of aromatic nitrogens is 4. The topological polar surface area (TPSA) is 63.8 Å². The van der Waals surface area contributed by atoms with Gasteiger partial charge < -0.3 is 5.11 Å². The van der Waals surface area contributed by atoms with Gasteiger partial charge in [0.25, 0.3) is 0 Å². The third-order valence-corrected chi connectivity index (χ3v) is 6.30. The van der Waals surface area contributed by atoms with E-state index in [1.807, 2.05) is 48.7 Å². The zero-order valence-corrected chi connectivity index (χ0v) is 18.6. The van der Waals surface area contributed by atoms with Crippen LogP contribution in [0.2, 0.25) is 0 Å². The Morgan fingerprint density at radius 2 is 1.65 bits per heavy atom. The number of thioether (sulfide) groups is 1. The highest BCUT2D eigenvalue weighted by molar-refractivity contribution is 7.99. The standard InChI is InChI=1S/C25H26N4OS/c1-3-18-12-8-13-19(4-2)23(18)29-24(21-14-9-15-26-16-21)27-28-25(29)31-17-22(30)20-10-6-5-7-11-20/h5-16,22,30H,3-4,17H2,1-2H3. The number of rotatable bonds is 8. The molecule has 6 heteroatoms. The number of aliphatic hydroxyl groups is 1. The molecule has 4 aromatic rings. The molecule has 31 heavy (non-hydrogen) atoms. The molecule has 0 bridgehead atoms. The van der Waals surface area contributed by atoms with Crippen LogP contribution in [0.25, 0.3) is 17.1 Å². The van der Waals surface area contributed by atoms with Crippen molar-refractivity contribution in [2.75, 3.05) is 5.75 Å². The molecule has 1 unspecified atom stereocenters. The van der Waals surface area contributed by atoms with Crippen molar-refractivity contribution in [3.63, 3.8) is 0 Å². The van der Waals surface area contributed by atoms with Crippen LogP contribution < -0.4 is 0 Å². The number of pyridine rings is 1. The number of para-hydroxylation sites is 1. The van der Waals surface area contributed by atoms with Crippen molar-refractivity contribution in [2.24, 2.45) is 0 Å². The SMILES string of the molecule is CCc1cccc(CC)c1-n1c(SCC(O)c2ccccc2)nnc1-c1cccnc1. The molecular formula is C25H26N4OS. The molecule has 0 amide bonds. The molecule has 1 atom stereocenters. The molecule has 0 aliphatic carbocycles. The van der Waals surface area contributed by atoms with Crippen LogP contribution in [0.1, 0.15) is 36.6 Å². The Bertz CT molecular complexity index is 1110. The van der Waals surface area contributed by atoms with E-state index in [2.05, 4.69) is 51.8 Å². The van der Waals surface area contributed by atoms with Crippen molar-refractivity contribution in [2.45, 2.75) is 37.9 Å². The number of hydrogen-bond acceptors (Lipinski definition) is 5. The van der Waals surface area contributed by atoms with Crippen LogP contribution in [-0.4, -0.2) is 30.6 Å². The Morgan fingerprint density at radius 3 is 2.29 bits per heavy atom. The normalized spacial score (nSPS) is 12.1. The first kappa shape index (κ1) is 21.3. The molecule has 4 rings (SSSR count). The second kappa shape index (κ2) is 9.90. The Kier molecular flexibility index (Phi) is 6.79. The molecule has 0 aliphatic heterocycles. The largest absolute Gasteiger partial charge is 0.388 e. The van der Waals surface area contributed by atoms with Crippen molar-refractivity contribution < 1.29 is 5.11 Å². The molecule has 0 spiro atoms. The first-order chi connectivity index (χ1) is 15.2. The van der Waals surface area contributed by atoms with Crippen LogP contribution in [0, 0.1) is 0 Å². The summed E-state index contributed by atoms with van der Waals surface area (Å²) in [7, 11) is 0. The molecule has 2 aromatic heterocycles. The van der Waals surface area contributed by atoms with Crippen LogP contribution in [0.15, 0.2) is 78.2 Å². The fourth-order valence-corrected chi connectivity index (χ4v) is 4.58. The molecule has 158 valence electrons. The zero-order chi connectivity index (χ0) is 21.6. The van der Waals surface area contributed by atoms with Crippen LogP contribution in [0.5, 0.6) is 0 Å². The summed E-state index contributed by atoms with van der Waals surface area (Å²) in [5.74, 6) is 1.26. The number of nitrogens with zero attached hydrogens (tertiary/aromatic N) is 4. The fourth-order valence-electron chi connectivity index (χ4n) is 3.67. The minimum absolute atomic E-state index is 0.491. The second-order valence-corrected chi connectivity index (χ2v) is 8.24. The highest BCUT2D eigenvalue weighted by Crippen LogP contribution is 2.33. The molecule has 0 fully saturated rings. The van der Waals surface area contributed by atoms with Crippen molar-refractivity contribution in [3.8, 4) is 17.1 Å². The summed E-state index contributed by atoms with van der Waals surface area (Å²) in [6.07, 6.45) is 4.81. The van der Waals surface area contributed by atoms with Crippen molar-refractivity contribution >= 4 is 11.8 Å². The van der Waals surface area contributed by atoms with Gasteiger partial charge in [0.1, 0.15) is 0 Å². The van der Waals surface area contributed by atoms with Crippen LogP contribution in [0.3, 0.4) is 0 Å². The lowest BCUT2D eigenvalue weighted by atomic mass is 10.0. The average molecular weight is 431 g/mol. The van der Waals surface area contributed by atoms with Gasteiger partial charge in [0, 0.05) is 23.7 Å². The molecule has 0 aliphatic rings. The number of aliphatic hydroxyl groups excluding tert-OH is 1. The van der Waals surface area contributed by atoms with Crippen LogP contribution in [0.4, 0.5) is 0 Å². The van der Waals surface area contributed by atoms with E-state index < -0.39 is 6.10 Å². The first-order valence-electron chi connectivity index (χ1n) is 10.6. The summed E-state index contributed by atoms with van der Waals surface area (Å²) >= 11 is 1.52. The van der Waals surface area contributed by atoms with E-state index in [1.54, 1.807) is 6.20 Å². The summed E-state index contributed by atoms with van der Waals surface area (Å²) < 4.78 is 2.14. The van der Waals surface area contributed by atoms with Crippen molar-refractivity contribution in [1.82, 2.24) is 19.7 Å². The second-order valence-electron chi connectivity index (χ2n) is 7.25. The maximum absolute atomic E-state index is 10.7. The van der Waals surface area contributed by atoms with E-state index in [4.69, 9.17) is 0 Å². The maximum atomic E-state index is 10.7. The van der Waals surface area contributed by atoms with Crippen molar-refractivity contribution in [3.05, 3.63) is 89.7 Å². The van der Waals surface area contributed by atoms with Gasteiger partial charge in [0.05, 0.1) is 11.8 Å². The lowest BCUT2D eigenvalue weighted by Gasteiger charge is -2.18.